The van der Waals surface area contributed by atoms with Crippen LogP contribution in [-0.4, -0.2) is 21.6 Å². The van der Waals surface area contributed by atoms with Crippen LogP contribution in [0.1, 0.15) is 44.6 Å². The van der Waals surface area contributed by atoms with Gasteiger partial charge in [0, 0.05) is 18.2 Å². The van der Waals surface area contributed by atoms with Gasteiger partial charge in [0.15, 0.2) is 0 Å². The van der Waals surface area contributed by atoms with Gasteiger partial charge in [-0.2, -0.15) is 0 Å². The summed E-state index contributed by atoms with van der Waals surface area (Å²) in [5.41, 5.74) is 3.45. The lowest BCUT2D eigenvalue weighted by Gasteiger charge is -2.20. The summed E-state index contributed by atoms with van der Waals surface area (Å²) in [5.74, 6) is 1.51. The second-order valence-corrected chi connectivity index (χ2v) is 11.6. The minimum atomic E-state index is -3.66. The van der Waals surface area contributed by atoms with Gasteiger partial charge in [0.2, 0.25) is 0 Å². The van der Waals surface area contributed by atoms with Crippen molar-refractivity contribution in [3.05, 3.63) is 65.5 Å². The highest BCUT2D eigenvalue weighted by Gasteiger charge is 2.20. The Balaban J connectivity index is 1.60. The Kier molecular flexibility index (Phi) is 7.73. The van der Waals surface area contributed by atoms with E-state index in [1.807, 2.05) is 24.3 Å². The van der Waals surface area contributed by atoms with Gasteiger partial charge in [-0.1, -0.05) is 56.0 Å². The number of rotatable bonds is 10. The average molecular weight is 485 g/mol. The van der Waals surface area contributed by atoms with Crippen molar-refractivity contribution in [3.8, 4) is 16.9 Å². The summed E-state index contributed by atoms with van der Waals surface area (Å²) in [4.78, 5) is 0. The third-order valence-corrected chi connectivity index (χ3v) is 9.10. The zero-order chi connectivity index (χ0) is 23.3. The van der Waals surface area contributed by atoms with Crippen molar-refractivity contribution >= 4 is 27.0 Å². The molecule has 1 aliphatic rings. The molecular formula is C26H32N2O3S2. The van der Waals surface area contributed by atoms with Crippen molar-refractivity contribution in [1.82, 2.24) is 5.32 Å². The molecule has 0 amide bonds. The van der Waals surface area contributed by atoms with E-state index in [-0.39, 0.29) is 0 Å². The van der Waals surface area contributed by atoms with Gasteiger partial charge in [0.05, 0.1) is 12.8 Å². The number of benzene rings is 2. The molecular weight excluding hydrogens is 452 g/mol. The smallest absolute Gasteiger partial charge is 0.271 e. The number of anilines is 1. The maximum absolute atomic E-state index is 12.9. The van der Waals surface area contributed by atoms with E-state index in [0.29, 0.717) is 21.7 Å². The van der Waals surface area contributed by atoms with Gasteiger partial charge in [0.25, 0.3) is 10.0 Å². The van der Waals surface area contributed by atoms with Gasteiger partial charge in [-0.05, 0) is 60.0 Å². The molecule has 1 atom stereocenters. The number of thiophene rings is 1. The van der Waals surface area contributed by atoms with E-state index >= 15 is 0 Å². The lowest BCUT2D eigenvalue weighted by molar-refractivity contribution is 0.404. The number of hydrogen-bond donors (Lipinski definition) is 2. The van der Waals surface area contributed by atoms with Crippen molar-refractivity contribution in [3.63, 3.8) is 0 Å². The van der Waals surface area contributed by atoms with Crippen molar-refractivity contribution < 1.29 is 13.2 Å². The van der Waals surface area contributed by atoms with E-state index < -0.39 is 10.0 Å². The van der Waals surface area contributed by atoms with Crippen LogP contribution in [-0.2, 0) is 16.6 Å². The molecule has 7 heteroatoms. The van der Waals surface area contributed by atoms with Crippen molar-refractivity contribution in [2.45, 2.75) is 55.8 Å². The van der Waals surface area contributed by atoms with Crippen LogP contribution in [0.3, 0.4) is 0 Å². The number of nitrogens with one attached hydrogen (secondary N) is 2. The first-order valence-corrected chi connectivity index (χ1v) is 13.9. The van der Waals surface area contributed by atoms with E-state index in [2.05, 4.69) is 23.0 Å². The maximum Gasteiger partial charge on any atom is 0.271 e. The Bertz CT molecular complexity index is 1150. The van der Waals surface area contributed by atoms with Gasteiger partial charge in [-0.15, -0.1) is 11.3 Å². The quantitative estimate of drug-likeness (QED) is 0.355. The Morgan fingerprint density at radius 1 is 1.06 bits per heavy atom. The molecule has 0 spiro atoms. The number of sulfonamides is 1. The summed E-state index contributed by atoms with van der Waals surface area (Å²) >= 11 is 1.20. The zero-order valence-corrected chi connectivity index (χ0v) is 20.8. The zero-order valence-electron chi connectivity index (χ0n) is 19.2. The Morgan fingerprint density at radius 3 is 2.58 bits per heavy atom. The largest absolute Gasteiger partial charge is 0.497 e. The van der Waals surface area contributed by atoms with Crippen LogP contribution >= 0.6 is 11.3 Å². The van der Waals surface area contributed by atoms with Gasteiger partial charge in [-0.3, -0.25) is 4.72 Å². The minimum absolute atomic E-state index is 0.292. The molecule has 0 saturated heterocycles. The summed E-state index contributed by atoms with van der Waals surface area (Å²) in [6.07, 6.45) is 6.62. The predicted molar refractivity (Wildman–Crippen MR) is 136 cm³/mol. The fourth-order valence-electron chi connectivity index (χ4n) is 4.62. The van der Waals surface area contributed by atoms with Crippen LogP contribution in [0.25, 0.3) is 11.1 Å². The lowest BCUT2D eigenvalue weighted by Crippen LogP contribution is -2.27. The average Bonchev–Trinajstić information content (AvgIpc) is 3.53. The molecule has 4 rings (SSSR count). The van der Waals surface area contributed by atoms with Crippen LogP contribution in [0.15, 0.2) is 64.2 Å². The second-order valence-electron chi connectivity index (χ2n) is 8.77. The number of ether oxygens (including phenoxy) is 1. The Morgan fingerprint density at radius 2 is 1.85 bits per heavy atom. The van der Waals surface area contributed by atoms with Crippen LogP contribution in [0.4, 0.5) is 5.69 Å². The van der Waals surface area contributed by atoms with Gasteiger partial charge in [-0.25, -0.2) is 8.42 Å². The molecule has 0 unspecified atom stereocenters. The molecule has 2 aromatic carbocycles. The van der Waals surface area contributed by atoms with E-state index in [1.165, 1.54) is 43.4 Å². The fraction of sp³-hybridized carbons (Fsp3) is 0.385. The monoisotopic (exact) mass is 484 g/mol. The molecule has 0 bridgehead atoms. The number of methoxy groups -OCH3 is 1. The van der Waals surface area contributed by atoms with Gasteiger partial charge < -0.3 is 10.1 Å². The topological polar surface area (TPSA) is 67.4 Å². The summed E-state index contributed by atoms with van der Waals surface area (Å²) in [6.45, 7) is 2.98. The predicted octanol–water partition coefficient (Wildman–Crippen LogP) is 6.28. The van der Waals surface area contributed by atoms with Crippen molar-refractivity contribution in [2.24, 2.45) is 5.92 Å². The molecule has 0 radical (unpaired) electrons. The first-order chi connectivity index (χ1) is 16.0. The van der Waals surface area contributed by atoms with E-state index in [0.717, 1.165) is 29.2 Å². The van der Waals surface area contributed by atoms with E-state index in [9.17, 15) is 8.42 Å². The fourth-order valence-corrected chi connectivity index (χ4v) is 6.70. The van der Waals surface area contributed by atoms with Gasteiger partial charge in [0.1, 0.15) is 9.96 Å². The standard InChI is InChI=1S/C26H32N2O3S2/c1-19(16-20-8-3-4-9-20)27-18-21-10-5-6-11-23(21)24-17-22(31-2)13-14-25(24)28-33(29,30)26-12-7-15-32-26/h5-7,10-15,17,19-20,27-28H,3-4,8-9,16,18H2,1-2H3/t19-/m0/s1. The molecule has 1 heterocycles. The summed E-state index contributed by atoms with van der Waals surface area (Å²) in [6, 6.07) is 17.4. The van der Waals surface area contributed by atoms with Crippen LogP contribution in [0, 0.1) is 5.92 Å². The van der Waals surface area contributed by atoms with E-state index in [1.54, 1.807) is 36.8 Å². The van der Waals surface area contributed by atoms with E-state index in [4.69, 9.17) is 4.74 Å². The molecule has 0 aliphatic heterocycles. The summed E-state index contributed by atoms with van der Waals surface area (Å²) in [7, 11) is -2.04. The van der Waals surface area contributed by atoms with Crippen LogP contribution in [0.5, 0.6) is 5.75 Å². The summed E-state index contributed by atoms with van der Waals surface area (Å²) in [5, 5.41) is 5.45. The molecule has 1 fully saturated rings. The molecule has 1 aliphatic carbocycles. The molecule has 2 N–H and O–H groups in total. The minimum Gasteiger partial charge on any atom is -0.497 e. The van der Waals surface area contributed by atoms with Gasteiger partial charge >= 0.3 is 0 Å². The first kappa shape index (κ1) is 23.8. The number of hydrogen-bond acceptors (Lipinski definition) is 5. The first-order valence-electron chi connectivity index (χ1n) is 11.5. The second kappa shape index (κ2) is 10.7. The normalized spacial score (nSPS) is 15.5. The third-order valence-electron chi connectivity index (χ3n) is 6.34. The molecule has 176 valence electrons. The lowest BCUT2D eigenvalue weighted by atomic mass is 9.96. The van der Waals surface area contributed by atoms with Crippen LogP contribution in [0.2, 0.25) is 0 Å². The SMILES string of the molecule is COc1ccc(NS(=O)(=O)c2cccs2)c(-c2ccccc2CN[C@@H](C)CC2CCCC2)c1. The highest BCUT2D eigenvalue weighted by Crippen LogP contribution is 2.36. The maximum atomic E-state index is 12.9. The van der Waals surface area contributed by atoms with Crippen molar-refractivity contribution in [2.75, 3.05) is 11.8 Å². The van der Waals surface area contributed by atoms with Crippen molar-refractivity contribution in [1.29, 1.82) is 0 Å². The molecule has 1 saturated carbocycles. The summed E-state index contributed by atoms with van der Waals surface area (Å²) < 4.78 is 34.4. The molecule has 3 aromatic rings. The highest BCUT2D eigenvalue weighted by atomic mass is 32.2. The van der Waals surface area contributed by atoms with Crippen LogP contribution < -0.4 is 14.8 Å². The third kappa shape index (κ3) is 5.96. The molecule has 1 aromatic heterocycles. The highest BCUT2D eigenvalue weighted by molar-refractivity contribution is 7.94. The molecule has 5 nitrogen and oxygen atoms in total. The Labute approximate surface area is 201 Å². The molecule has 33 heavy (non-hydrogen) atoms. The Hall–Kier alpha value is -2.35.